The lowest BCUT2D eigenvalue weighted by atomic mass is 10.1. The Kier molecular flexibility index (Phi) is 5.49. The van der Waals surface area contributed by atoms with Gasteiger partial charge in [0, 0.05) is 17.7 Å². The molecule has 1 aromatic heterocycles. The maximum atomic E-state index is 12.8. The number of halogens is 3. The number of nitrogens with zero attached hydrogens (tertiary/aromatic N) is 1. The van der Waals surface area contributed by atoms with Gasteiger partial charge < -0.3 is 15.2 Å². The third kappa shape index (κ3) is 4.44. The van der Waals surface area contributed by atoms with Crippen LogP contribution in [0, 0.1) is 0 Å². The van der Waals surface area contributed by atoms with E-state index in [0.717, 1.165) is 44.2 Å². The molecule has 0 fully saturated rings. The fraction of sp³-hybridized carbons (Fsp3) is 0.174. The molecule has 0 aliphatic heterocycles. The Balaban J connectivity index is 1.51. The normalized spacial score (nSPS) is 12.7. The van der Waals surface area contributed by atoms with Crippen LogP contribution >= 0.6 is 11.3 Å². The van der Waals surface area contributed by atoms with Gasteiger partial charge in [-0.15, -0.1) is 11.3 Å². The summed E-state index contributed by atoms with van der Waals surface area (Å²) in [5.74, 6) is 0.314. The maximum absolute atomic E-state index is 12.8. The number of aromatic hydroxyl groups is 1. The van der Waals surface area contributed by atoms with Crippen molar-refractivity contribution >= 4 is 27.2 Å². The number of ether oxygens (including phenoxy) is 1. The van der Waals surface area contributed by atoms with E-state index in [-0.39, 0.29) is 11.7 Å². The summed E-state index contributed by atoms with van der Waals surface area (Å²) in [6, 6.07) is 16.2. The molecule has 0 aliphatic carbocycles. The summed E-state index contributed by atoms with van der Waals surface area (Å²) in [7, 11) is 1.62. The van der Waals surface area contributed by atoms with E-state index < -0.39 is 17.5 Å². The van der Waals surface area contributed by atoms with Gasteiger partial charge in [-0.2, -0.15) is 13.2 Å². The molecular weight excluding hydrogens is 425 g/mol. The molecule has 4 nitrogen and oxygen atoms in total. The molecule has 31 heavy (non-hydrogen) atoms. The molecule has 160 valence electrons. The van der Waals surface area contributed by atoms with E-state index in [1.165, 1.54) is 6.07 Å². The number of benzene rings is 3. The van der Waals surface area contributed by atoms with E-state index in [1.807, 2.05) is 49.4 Å². The molecule has 0 amide bonds. The Morgan fingerprint density at radius 1 is 1.03 bits per heavy atom. The molecule has 4 rings (SSSR count). The number of aromatic nitrogens is 1. The predicted molar refractivity (Wildman–Crippen MR) is 117 cm³/mol. The average molecular weight is 444 g/mol. The molecule has 0 saturated carbocycles. The van der Waals surface area contributed by atoms with Crippen molar-refractivity contribution in [1.82, 2.24) is 4.98 Å². The number of hydrogen-bond donors (Lipinski definition) is 2. The number of anilines is 1. The fourth-order valence-corrected chi connectivity index (χ4v) is 4.17. The van der Waals surface area contributed by atoms with Crippen molar-refractivity contribution in [2.24, 2.45) is 0 Å². The first-order chi connectivity index (χ1) is 14.7. The number of phenols is 1. The number of fused-ring (bicyclic) bond motifs is 1. The van der Waals surface area contributed by atoms with Gasteiger partial charge in [-0.1, -0.05) is 24.3 Å². The zero-order valence-electron chi connectivity index (χ0n) is 16.7. The second-order valence-electron chi connectivity index (χ2n) is 7.07. The molecule has 1 unspecified atom stereocenters. The molecule has 8 heteroatoms. The minimum absolute atomic E-state index is 0.226. The van der Waals surface area contributed by atoms with Gasteiger partial charge in [0.2, 0.25) is 0 Å². The van der Waals surface area contributed by atoms with Gasteiger partial charge in [-0.25, -0.2) is 4.98 Å². The van der Waals surface area contributed by atoms with Crippen LogP contribution in [0.25, 0.3) is 20.8 Å². The van der Waals surface area contributed by atoms with E-state index in [1.54, 1.807) is 18.4 Å². The van der Waals surface area contributed by atoms with Crippen LogP contribution in [-0.2, 0) is 6.18 Å². The minimum atomic E-state index is -4.50. The molecule has 2 N–H and O–H groups in total. The zero-order chi connectivity index (χ0) is 22.2. The summed E-state index contributed by atoms with van der Waals surface area (Å²) in [5.41, 5.74) is 2.11. The largest absolute Gasteiger partial charge is 0.506 e. The van der Waals surface area contributed by atoms with Gasteiger partial charge in [0.25, 0.3) is 0 Å². The number of thiazole rings is 1. The number of rotatable bonds is 5. The van der Waals surface area contributed by atoms with Crippen LogP contribution in [0.4, 0.5) is 18.9 Å². The topological polar surface area (TPSA) is 54.4 Å². The van der Waals surface area contributed by atoms with Crippen LogP contribution in [0.15, 0.2) is 60.7 Å². The lowest BCUT2D eigenvalue weighted by molar-refractivity contribution is -0.137. The van der Waals surface area contributed by atoms with Gasteiger partial charge in [0.05, 0.1) is 28.6 Å². The smallest absolute Gasteiger partial charge is 0.416 e. The number of alkyl halides is 3. The van der Waals surface area contributed by atoms with Crippen molar-refractivity contribution in [2.45, 2.75) is 19.1 Å². The molecule has 4 aromatic rings. The molecule has 3 aromatic carbocycles. The van der Waals surface area contributed by atoms with Gasteiger partial charge >= 0.3 is 6.18 Å². The Morgan fingerprint density at radius 3 is 2.42 bits per heavy atom. The van der Waals surface area contributed by atoms with Crippen LogP contribution in [0.5, 0.6) is 11.5 Å². The standard InChI is InChI=1S/C23H19F3N2O2S/c1-13(27-18-9-7-16(11-20(18)29)23(24,25)26)14-3-5-15(6-4-14)22-28-19-12-17(30-2)8-10-21(19)31-22/h3-13,27,29H,1-2H3. The minimum Gasteiger partial charge on any atom is -0.506 e. The number of hydrogen-bond acceptors (Lipinski definition) is 5. The van der Waals surface area contributed by atoms with E-state index in [9.17, 15) is 18.3 Å². The summed E-state index contributed by atoms with van der Waals surface area (Å²) in [4.78, 5) is 4.67. The van der Waals surface area contributed by atoms with Crippen molar-refractivity contribution in [3.8, 4) is 22.1 Å². The van der Waals surface area contributed by atoms with E-state index >= 15 is 0 Å². The molecular formula is C23H19F3N2O2S. The summed E-state index contributed by atoms with van der Waals surface area (Å²) in [6.45, 7) is 1.87. The third-order valence-corrected chi connectivity index (χ3v) is 6.03. The first kappa shape index (κ1) is 21.0. The predicted octanol–water partition coefficient (Wildman–Crippen LogP) is 6.87. The van der Waals surface area contributed by atoms with Crippen LogP contribution < -0.4 is 10.1 Å². The molecule has 0 aliphatic rings. The van der Waals surface area contributed by atoms with Crippen molar-refractivity contribution in [3.05, 3.63) is 71.8 Å². The molecule has 1 atom stereocenters. The van der Waals surface area contributed by atoms with Crippen molar-refractivity contribution in [2.75, 3.05) is 12.4 Å². The van der Waals surface area contributed by atoms with Crippen LogP contribution in [0.3, 0.4) is 0 Å². The van der Waals surface area contributed by atoms with Gasteiger partial charge in [-0.3, -0.25) is 0 Å². The highest BCUT2D eigenvalue weighted by Crippen LogP contribution is 2.36. The Morgan fingerprint density at radius 2 is 1.77 bits per heavy atom. The van der Waals surface area contributed by atoms with Crippen LogP contribution in [-0.4, -0.2) is 17.2 Å². The van der Waals surface area contributed by atoms with Gasteiger partial charge in [0.1, 0.15) is 16.5 Å². The summed E-state index contributed by atoms with van der Waals surface area (Å²) >= 11 is 1.58. The average Bonchev–Trinajstić information content (AvgIpc) is 3.17. The summed E-state index contributed by atoms with van der Waals surface area (Å²) in [6.07, 6.45) is -4.50. The van der Waals surface area contributed by atoms with Crippen LogP contribution in [0.2, 0.25) is 0 Å². The SMILES string of the molecule is COc1ccc2sc(-c3ccc(C(C)Nc4ccc(C(F)(F)F)cc4O)cc3)nc2c1. The van der Waals surface area contributed by atoms with E-state index in [0.29, 0.717) is 0 Å². The van der Waals surface area contributed by atoms with Crippen molar-refractivity contribution < 1.29 is 23.0 Å². The molecule has 0 radical (unpaired) electrons. The van der Waals surface area contributed by atoms with Crippen LogP contribution in [0.1, 0.15) is 24.1 Å². The molecule has 0 spiro atoms. The number of phenolic OH excluding ortho intramolecular Hbond substituents is 1. The monoisotopic (exact) mass is 444 g/mol. The molecule has 0 bridgehead atoms. The second kappa shape index (κ2) is 8.11. The first-order valence-corrected chi connectivity index (χ1v) is 10.3. The van der Waals surface area contributed by atoms with E-state index in [2.05, 4.69) is 10.3 Å². The Hall–Kier alpha value is -3.26. The third-order valence-electron chi connectivity index (χ3n) is 4.95. The van der Waals surface area contributed by atoms with E-state index in [4.69, 9.17) is 4.74 Å². The lowest BCUT2D eigenvalue weighted by Crippen LogP contribution is -2.08. The second-order valence-corrected chi connectivity index (χ2v) is 8.10. The van der Waals surface area contributed by atoms with Gasteiger partial charge in [-0.05, 0) is 42.8 Å². The number of methoxy groups -OCH3 is 1. The Labute approximate surface area is 181 Å². The molecule has 0 saturated heterocycles. The molecule has 1 heterocycles. The highest BCUT2D eigenvalue weighted by atomic mass is 32.1. The highest BCUT2D eigenvalue weighted by molar-refractivity contribution is 7.21. The summed E-state index contributed by atoms with van der Waals surface area (Å²) < 4.78 is 44.6. The Bertz CT molecular complexity index is 1220. The highest BCUT2D eigenvalue weighted by Gasteiger charge is 2.31. The quantitative estimate of drug-likeness (QED) is 0.330. The van der Waals surface area contributed by atoms with Gasteiger partial charge in [0.15, 0.2) is 0 Å². The zero-order valence-corrected chi connectivity index (χ0v) is 17.5. The van der Waals surface area contributed by atoms with Crippen molar-refractivity contribution in [3.63, 3.8) is 0 Å². The summed E-state index contributed by atoms with van der Waals surface area (Å²) in [5, 5.41) is 13.9. The first-order valence-electron chi connectivity index (χ1n) is 9.46. The number of nitrogens with one attached hydrogen (secondary N) is 1. The van der Waals surface area contributed by atoms with Crippen molar-refractivity contribution in [1.29, 1.82) is 0 Å². The fourth-order valence-electron chi connectivity index (χ4n) is 3.22. The maximum Gasteiger partial charge on any atom is 0.416 e. The lowest BCUT2D eigenvalue weighted by Gasteiger charge is -2.18.